The zero-order valence-electron chi connectivity index (χ0n) is 21.9. The maximum atomic E-state index is 6.60. The first-order valence-corrected chi connectivity index (χ1v) is 13.3. The quantitative estimate of drug-likeness (QED) is 0.257. The lowest BCUT2D eigenvalue weighted by Crippen LogP contribution is -2.50. The molecule has 10 heteroatoms. The number of nitrogens with one attached hydrogen (secondary N) is 2. The Bertz CT molecular complexity index is 1560. The van der Waals surface area contributed by atoms with Gasteiger partial charge in [-0.2, -0.15) is 9.78 Å². The van der Waals surface area contributed by atoms with Gasteiger partial charge in [-0.25, -0.2) is 4.99 Å². The Morgan fingerprint density at radius 1 is 1.03 bits per heavy atom. The molecule has 0 aliphatic carbocycles. The Kier molecular flexibility index (Phi) is 7.77. The Morgan fingerprint density at radius 2 is 1.82 bits per heavy atom. The lowest BCUT2D eigenvalue weighted by Gasteiger charge is -2.25. The van der Waals surface area contributed by atoms with Crippen LogP contribution in [-0.4, -0.2) is 28.2 Å². The van der Waals surface area contributed by atoms with Gasteiger partial charge in [0.05, 0.1) is 22.0 Å². The molecule has 0 amide bonds. The molecule has 0 bridgehead atoms. The highest BCUT2D eigenvalue weighted by Gasteiger charge is 2.30. The topological polar surface area (TPSA) is 102 Å². The number of halogens is 2. The van der Waals surface area contributed by atoms with Crippen LogP contribution in [0, 0.1) is 20.8 Å². The van der Waals surface area contributed by atoms with E-state index in [9.17, 15) is 0 Å². The summed E-state index contributed by atoms with van der Waals surface area (Å²) >= 11 is 12.8. The van der Waals surface area contributed by atoms with Crippen LogP contribution in [0.4, 0.5) is 0 Å². The molecule has 3 aromatic carbocycles. The van der Waals surface area contributed by atoms with Crippen molar-refractivity contribution in [2.75, 3.05) is 6.54 Å². The van der Waals surface area contributed by atoms with E-state index in [1.807, 2.05) is 51.1 Å². The van der Waals surface area contributed by atoms with Gasteiger partial charge >= 0.3 is 0 Å². The van der Waals surface area contributed by atoms with Crippen LogP contribution in [0.15, 0.2) is 76.7 Å². The fraction of sp³-hybridized carbons (Fsp3) is 0.207. The zero-order valence-corrected chi connectivity index (χ0v) is 23.4. The van der Waals surface area contributed by atoms with E-state index in [0.717, 1.165) is 17.5 Å². The van der Waals surface area contributed by atoms with Crippen molar-refractivity contribution in [3.63, 3.8) is 0 Å². The summed E-state index contributed by atoms with van der Waals surface area (Å²) in [5.41, 5.74) is 11.6. The number of rotatable bonds is 7. The van der Waals surface area contributed by atoms with Crippen molar-refractivity contribution in [1.29, 1.82) is 0 Å². The van der Waals surface area contributed by atoms with E-state index in [0.29, 0.717) is 51.1 Å². The average Bonchev–Trinajstić information content (AvgIpc) is 3.21. The van der Waals surface area contributed by atoms with Crippen molar-refractivity contribution in [2.24, 2.45) is 15.7 Å². The number of hydrogen-bond donors (Lipinski definition) is 3. The second-order valence-electron chi connectivity index (χ2n) is 9.33. The summed E-state index contributed by atoms with van der Waals surface area (Å²) in [6, 6.07) is 21.4. The van der Waals surface area contributed by atoms with Crippen LogP contribution >= 0.6 is 23.2 Å². The molecule has 8 nitrogen and oxygen atoms in total. The van der Waals surface area contributed by atoms with Crippen LogP contribution in [-0.2, 0) is 6.42 Å². The summed E-state index contributed by atoms with van der Waals surface area (Å²) in [7, 11) is 0. The van der Waals surface area contributed by atoms with E-state index in [-0.39, 0.29) is 5.96 Å². The molecule has 0 radical (unpaired) electrons. The third kappa shape index (κ3) is 6.02. The van der Waals surface area contributed by atoms with Gasteiger partial charge in [0.15, 0.2) is 18.1 Å². The first-order chi connectivity index (χ1) is 18.8. The van der Waals surface area contributed by atoms with E-state index in [1.165, 1.54) is 5.56 Å². The second kappa shape index (κ2) is 11.4. The van der Waals surface area contributed by atoms with Crippen molar-refractivity contribution in [3.05, 3.63) is 105 Å². The van der Waals surface area contributed by atoms with Crippen LogP contribution in [0.25, 0.3) is 5.69 Å². The highest BCUT2D eigenvalue weighted by atomic mass is 35.5. The van der Waals surface area contributed by atoms with Gasteiger partial charge in [-0.1, -0.05) is 71.2 Å². The lowest BCUT2D eigenvalue weighted by molar-refractivity contribution is 0.429. The number of aryl methyl sites for hydroxylation is 3. The largest absolute Gasteiger partial charge is 0.438 e. The maximum Gasteiger partial charge on any atom is 0.230 e. The molecule has 200 valence electrons. The first kappa shape index (κ1) is 26.6. The maximum absolute atomic E-state index is 6.60. The van der Waals surface area contributed by atoms with Crippen molar-refractivity contribution < 1.29 is 4.74 Å². The number of ether oxygens (including phenoxy) is 1. The third-order valence-corrected chi connectivity index (χ3v) is 6.85. The molecule has 0 spiro atoms. The minimum Gasteiger partial charge on any atom is -0.438 e. The molecule has 2 heterocycles. The van der Waals surface area contributed by atoms with E-state index < -0.39 is 6.17 Å². The van der Waals surface area contributed by atoms with Crippen molar-refractivity contribution in [1.82, 2.24) is 20.4 Å². The van der Waals surface area contributed by atoms with Gasteiger partial charge in [-0.3, -0.25) is 10.3 Å². The molecule has 4 aromatic rings. The molecular weight excluding hydrogens is 533 g/mol. The molecule has 4 N–H and O–H groups in total. The van der Waals surface area contributed by atoms with Gasteiger partial charge < -0.3 is 15.8 Å². The van der Waals surface area contributed by atoms with Gasteiger partial charge in [-0.15, -0.1) is 0 Å². The number of nitrogens with zero attached hydrogens (tertiary/aromatic N) is 4. The summed E-state index contributed by atoms with van der Waals surface area (Å²) in [5, 5.41) is 12.1. The van der Waals surface area contributed by atoms with E-state index in [2.05, 4.69) is 33.8 Å². The number of hydrogen-bond acceptors (Lipinski definition) is 5. The van der Waals surface area contributed by atoms with Crippen molar-refractivity contribution >= 4 is 35.1 Å². The molecule has 0 fully saturated rings. The van der Waals surface area contributed by atoms with E-state index in [1.54, 1.807) is 22.9 Å². The summed E-state index contributed by atoms with van der Waals surface area (Å²) in [6.07, 6.45) is 0.199. The predicted octanol–water partition coefficient (Wildman–Crippen LogP) is 6.00. The molecule has 1 unspecified atom stereocenters. The molecule has 5 rings (SSSR count). The smallest absolute Gasteiger partial charge is 0.230 e. The number of nitrogens with two attached hydrogens (primary N) is 1. The summed E-state index contributed by atoms with van der Waals surface area (Å²) in [5.74, 6) is 1.92. The van der Waals surface area contributed by atoms with Crippen LogP contribution in [0.5, 0.6) is 11.6 Å². The van der Waals surface area contributed by atoms with Crippen molar-refractivity contribution in [2.45, 2.75) is 33.4 Å². The van der Waals surface area contributed by atoms with Gasteiger partial charge in [0.2, 0.25) is 5.88 Å². The number of aliphatic imine (C=N–C) groups is 2. The summed E-state index contributed by atoms with van der Waals surface area (Å²) < 4.78 is 8.22. The lowest BCUT2D eigenvalue weighted by atomic mass is 10.1. The first-order valence-electron chi connectivity index (χ1n) is 12.5. The molecule has 1 aromatic heterocycles. The fourth-order valence-corrected chi connectivity index (χ4v) is 4.91. The highest BCUT2D eigenvalue weighted by Crippen LogP contribution is 2.38. The number of benzene rings is 3. The Balaban J connectivity index is 1.53. The Hall–Kier alpha value is -4.01. The fourth-order valence-electron chi connectivity index (χ4n) is 4.42. The second-order valence-corrected chi connectivity index (χ2v) is 10.2. The van der Waals surface area contributed by atoms with Crippen LogP contribution in [0.3, 0.4) is 0 Å². The number of guanidine groups is 2. The van der Waals surface area contributed by atoms with Crippen molar-refractivity contribution in [3.8, 4) is 17.3 Å². The Labute approximate surface area is 237 Å². The van der Waals surface area contributed by atoms with Crippen LogP contribution in [0.2, 0.25) is 10.0 Å². The predicted molar refractivity (Wildman–Crippen MR) is 157 cm³/mol. The molecule has 0 saturated carbocycles. The van der Waals surface area contributed by atoms with E-state index in [4.69, 9.17) is 43.8 Å². The van der Waals surface area contributed by atoms with Crippen LogP contribution in [0.1, 0.15) is 34.1 Å². The molecule has 39 heavy (non-hydrogen) atoms. The van der Waals surface area contributed by atoms with E-state index >= 15 is 0 Å². The molecule has 1 atom stereocenters. The number of aromatic nitrogens is 2. The van der Waals surface area contributed by atoms with Gasteiger partial charge in [0.1, 0.15) is 5.75 Å². The summed E-state index contributed by atoms with van der Waals surface area (Å²) in [4.78, 5) is 9.31. The Morgan fingerprint density at radius 3 is 2.56 bits per heavy atom. The highest BCUT2D eigenvalue weighted by molar-refractivity contribution is 6.35. The van der Waals surface area contributed by atoms with Gasteiger partial charge in [0.25, 0.3) is 0 Å². The standard InChI is InChI=1S/C29H29Cl2N7O/c1-17-9-12-24(18(2)15-17)39-27-25(19(3)37-38(27)23-11-10-21(30)16-22(23)31)26-34-28(32)36-29(35-26)33-14-13-20-7-5-4-6-8-20/h4-12,15-16,26H,13-14H2,1-3H3,(H4,32,33,34,35,36). The summed E-state index contributed by atoms with van der Waals surface area (Å²) in [6.45, 7) is 6.51. The molecular formula is C29H29Cl2N7O. The normalized spacial score (nSPS) is 16.0. The molecule has 1 aliphatic rings. The molecule has 1 aliphatic heterocycles. The van der Waals surface area contributed by atoms with Crippen LogP contribution < -0.4 is 21.1 Å². The zero-order chi connectivity index (χ0) is 27.5. The minimum absolute atomic E-state index is 0.242. The van der Waals surface area contributed by atoms with Gasteiger partial charge in [0, 0.05) is 11.6 Å². The molecule has 0 saturated heterocycles. The minimum atomic E-state index is -0.595. The monoisotopic (exact) mass is 561 g/mol. The third-order valence-electron chi connectivity index (χ3n) is 6.31. The average molecular weight is 563 g/mol. The SMILES string of the molecule is Cc1ccc(Oc2c(C3N=C(N)NC(=NCCc4ccccc4)N3)c(C)nn2-c2ccc(Cl)cc2Cl)c(C)c1. The van der Waals surface area contributed by atoms with Gasteiger partial charge in [-0.05, 0) is 62.6 Å².